The van der Waals surface area contributed by atoms with E-state index in [0.717, 1.165) is 47.8 Å². The number of carbonyl (C=O) groups is 1. The molecule has 30 heavy (non-hydrogen) atoms. The number of ketones is 1. The number of nitrogens with zero attached hydrogens (tertiary/aromatic N) is 1. The number of hydrogen-bond donors (Lipinski definition) is 1. The molecule has 0 aromatic heterocycles. The minimum Gasteiger partial charge on any atom is -0.411 e. The molecule has 0 aromatic rings. The van der Waals surface area contributed by atoms with Gasteiger partial charge < -0.3 is 5.21 Å². The molecule has 4 aliphatic carbocycles. The molecule has 0 amide bonds. The van der Waals surface area contributed by atoms with E-state index in [4.69, 9.17) is 0 Å². The zero-order valence-electron chi connectivity index (χ0n) is 19.9. The topological polar surface area (TPSA) is 49.7 Å². The first kappa shape index (κ1) is 22.1. The SMILES string of the molecule is CC(C)CCC[C@@H](C)[C@@H]1CC[C@@H]2[C@H]3C/C(=N\O)C4=CC(=O)CC[C@]4(C)[C@@H]3CC[C@]21C. The maximum absolute atomic E-state index is 12.1. The van der Waals surface area contributed by atoms with E-state index in [1.54, 1.807) is 0 Å². The van der Waals surface area contributed by atoms with Crippen LogP contribution < -0.4 is 0 Å². The summed E-state index contributed by atoms with van der Waals surface area (Å²) in [7, 11) is 0. The molecule has 0 aliphatic heterocycles. The largest absolute Gasteiger partial charge is 0.411 e. The summed E-state index contributed by atoms with van der Waals surface area (Å²) in [6.45, 7) is 12.1. The molecule has 3 heteroatoms. The molecule has 3 fully saturated rings. The van der Waals surface area contributed by atoms with Crippen molar-refractivity contribution in [3.8, 4) is 0 Å². The smallest absolute Gasteiger partial charge is 0.156 e. The van der Waals surface area contributed by atoms with Crippen LogP contribution in [0.4, 0.5) is 0 Å². The van der Waals surface area contributed by atoms with Crippen LogP contribution in [0.2, 0.25) is 0 Å². The average molecular weight is 414 g/mol. The van der Waals surface area contributed by atoms with Crippen molar-refractivity contribution in [1.29, 1.82) is 0 Å². The molecule has 0 saturated heterocycles. The standard InChI is InChI=1S/C27H43NO2/c1-17(2)7-6-8-18(3)21-9-10-22-20-16-25(28-30)24-15-19(29)11-13-27(24,5)23(20)12-14-26(21,22)4/h15,17-18,20-23,30H,6-14,16H2,1-5H3/b28-25+/t18-,20-,21+,22-,23-,26+,27-/m1/s1. The Bertz CT molecular complexity index is 737. The first-order chi connectivity index (χ1) is 14.2. The van der Waals surface area contributed by atoms with Gasteiger partial charge in [-0.1, -0.05) is 59.0 Å². The molecule has 168 valence electrons. The van der Waals surface area contributed by atoms with Gasteiger partial charge in [0.1, 0.15) is 0 Å². The van der Waals surface area contributed by atoms with E-state index in [1.807, 2.05) is 6.08 Å². The fraction of sp³-hybridized carbons (Fsp3) is 0.852. The minimum absolute atomic E-state index is 0.0146. The highest BCUT2D eigenvalue weighted by Crippen LogP contribution is 2.67. The highest BCUT2D eigenvalue weighted by atomic mass is 16.4. The van der Waals surface area contributed by atoms with Gasteiger partial charge in [-0.2, -0.15) is 0 Å². The quantitative estimate of drug-likeness (QED) is 0.388. The minimum atomic E-state index is 0.0146. The molecular formula is C27H43NO2. The van der Waals surface area contributed by atoms with Gasteiger partial charge in [-0.05, 0) is 96.5 Å². The fourth-order valence-electron chi connectivity index (χ4n) is 8.53. The van der Waals surface area contributed by atoms with Gasteiger partial charge >= 0.3 is 0 Å². The number of allylic oxidation sites excluding steroid dienone is 1. The first-order valence-corrected chi connectivity index (χ1v) is 12.7. The van der Waals surface area contributed by atoms with Gasteiger partial charge in [0, 0.05) is 6.42 Å². The van der Waals surface area contributed by atoms with Crippen LogP contribution in [0.25, 0.3) is 0 Å². The van der Waals surface area contributed by atoms with Gasteiger partial charge in [0.25, 0.3) is 0 Å². The third-order valence-corrected chi connectivity index (χ3v) is 10.1. The Kier molecular flexibility index (Phi) is 5.96. The van der Waals surface area contributed by atoms with Crippen LogP contribution in [0, 0.1) is 46.3 Å². The lowest BCUT2D eigenvalue weighted by Crippen LogP contribution is -2.53. The highest BCUT2D eigenvalue weighted by molar-refractivity contribution is 6.08. The van der Waals surface area contributed by atoms with Crippen LogP contribution in [0.1, 0.15) is 98.8 Å². The summed E-state index contributed by atoms with van der Waals surface area (Å²) in [5.74, 6) is 4.64. The third kappa shape index (κ3) is 3.48. The molecule has 0 unspecified atom stereocenters. The van der Waals surface area contributed by atoms with Gasteiger partial charge in [0.2, 0.25) is 0 Å². The second kappa shape index (κ2) is 8.10. The van der Waals surface area contributed by atoms with Crippen LogP contribution in [0.5, 0.6) is 0 Å². The Morgan fingerprint density at radius 3 is 2.57 bits per heavy atom. The van der Waals surface area contributed by atoms with Gasteiger partial charge in [-0.3, -0.25) is 4.79 Å². The van der Waals surface area contributed by atoms with Gasteiger partial charge in [0.15, 0.2) is 5.78 Å². The molecule has 0 aromatic carbocycles. The van der Waals surface area contributed by atoms with Crippen LogP contribution in [-0.2, 0) is 4.79 Å². The monoisotopic (exact) mass is 413 g/mol. The third-order valence-electron chi connectivity index (χ3n) is 10.1. The van der Waals surface area contributed by atoms with Crippen molar-refractivity contribution in [1.82, 2.24) is 0 Å². The Labute approximate surface area is 183 Å². The van der Waals surface area contributed by atoms with Crippen molar-refractivity contribution in [2.24, 2.45) is 51.5 Å². The molecule has 4 rings (SSSR count). The van der Waals surface area contributed by atoms with Crippen molar-refractivity contribution in [3.05, 3.63) is 11.6 Å². The summed E-state index contributed by atoms with van der Waals surface area (Å²) in [6, 6.07) is 0. The maximum atomic E-state index is 12.1. The summed E-state index contributed by atoms with van der Waals surface area (Å²) in [5.41, 5.74) is 2.31. The van der Waals surface area contributed by atoms with E-state index >= 15 is 0 Å². The molecule has 3 saturated carbocycles. The number of carbonyl (C=O) groups excluding carboxylic acids is 1. The Morgan fingerprint density at radius 1 is 1.10 bits per heavy atom. The van der Waals surface area contributed by atoms with Crippen molar-refractivity contribution < 1.29 is 10.0 Å². The lowest BCUT2D eigenvalue weighted by Gasteiger charge is -2.58. The van der Waals surface area contributed by atoms with Crippen molar-refractivity contribution in [2.45, 2.75) is 98.8 Å². The zero-order valence-corrected chi connectivity index (χ0v) is 19.9. The number of oxime groups is 1. The predicted molar refractivity (Wildman–Crippen MR) is 123 cm³/mol. The summed E-state index contributed by atoms with van der Waals surface area (Å²) < 4.78 is 0. The van der Waals surface area contributed by atoms with E-state index in [0.29, 0.717) is 23.7 Å². The molecule has 3 nitrogen and oxygen atoms in total. The van der Waals surface area contributed by atoms with Gasteiger partial charge in [-0.15, -0.1) is 0 Å². The molecule has 0 bridgehead atoms. The second-order valence-electron chi connectivity index (χ2n) is 12.1. The highest BCUT2D eigenvalue weighted by Gasteiger charge is 2.60. The number of hydrogen-bond acceptors (Lipinski definition) is 3. The number of fused-ring (bicyclic) bond motifs is 5. The number of rotatable bonds is 5. The van der Waals surface area contributed by atoms with E-state index in [9.17, 15) is 10.0 Å². The fourth-order valence-corrected chi connectivity index (χ4v) is 8.53. The van der Waals surface area contributed by atoms with Crippen LogP contribution >= 0.6 is 0 Å². The van der Waals surface area contributed by atoms with Gasteiger partial charge in [-0.25, -0.2) is 0 Å². The molecule has 7 atom stereocenters. The zero-order chi connectivity index (χ0) is 21.7. The molecule has 0 radical (unpaired) electrons. The second-order valence-corrected chi connectivity index (χ2v) is 12.1. The summed E-state index contributed by atoms with van der Waals surface area (Å²) in [5, 5.41) is 13.6. The molecule has 1 N–H and O–H groups in total. The van der Waals surface area contributed by atoms with Crippen LogP contribution in [0.15, 0.2) is 16.8 Å². The molecule has 4 aliphatic rings. The maximum Gasteiger partial charge on any atom is 0.156 e. The van der Waals surface area contributed by atoms with E-state index < -0.39 is 0 Å². The first-order valence-electron chi connectivity index (χ1n) is 12.7. The lowest BCUT2D eigenvalue weighted by molar-refractivity contribution is -0.116. The Hall–Kier alpha value is -1.12. The Balaban J connectivity index is 1.57. The van der Waals surface area contributed by atoms with Crippen LogP contribution in [-0.4, -0.2) is 16.7 Å². The van der Waals surface area contributed by atoms with E-state index in [1.165, 1.54) is 44.9 Å². The van der Waals surface area contributed by atoms with Crippen LogP contribution in [0.3, 0.4) is 0 Å². The normalized spacial score (nSPS) is 43.2. The molecule has 0 spiro atoms. The van der Waals surface area contributed by atoms with Crippen molar-refractivity contribution >= 4 is 11.5 Å². The summed E-state index contributed by atoms with van der Waals surface area (Å²) in [4.78, 5) is 12.1. The van der Waals surface area contributed by atoms with Crippen molar-refractivity contribution in [3.63, 3.8) is 0 Å². The van der Waals surface area contributed by atoms with E-state index in [-0.39, 0.29) is 11.2 Å². The Morgan fingerprint density at radius 2 is 1.87 bits per heavy atom. The summed E-state index contributed by atoms with van der Waals surface area (Å²) >= 11 is 0. The molecule has 0 heterocycles. The summed E-state index contributed by atoms with van der Waals surface area (Å²) in [6.07, 6.45) is 13.7. The predicted octanol–water partition coefficient (Wildman–Crippen LogP) is 7.04. The van der Waals surface area contributed by atoms with Crippen molar-refractivity contribution in [2.75, 3.05) is 0 Å². The molecular weight excluding hydrogens is 370 g/mol. The van der Waals surface area contributed by atoms with Gasteiger partial charge in [0.05, 0.1) is 5.71 Å². The average Bonchev–Trinajstić information content (AvgIpc) is 3.05. The van der Waals surface area contributed by atoms with E-state index in [2.05, 4.69) is 39.8 Å². The lowest BCUT2D eigenvalue weighted by atomic mass is 9.46.